The molecule has 2 N–H and O–H groups in total. The summed E-state index contributed by atoms with van der Waals surface area (Å²) in [6.45, 7) is 7.53. The predicted octanol–water partition coefficient (Wildman–Crippen LogP) is 2.78. The summed E-state index contributed by atoms with van der Waals surface area (Å²) in [4.78, 5) is 2.34. The number of nitrogens with two attached hydrogens (primary N) is 1. The molecule has 3 nitrogen and oxygen atoms in total. The van der Waals surface area contributed by atoms with Crippen molar-refractivity contribution in [2.45, 2.75) is 39.8 Å². The summed E-state index contributed by atoms with van der Waals surface area (Å²) >= 11 is 0. The highest BCUT2D eigenvalue weighted by Gasteiger charge is 2.05. The number of nitrogens with zero attached hydrogens (tertiary/aromatic N) is 1. The highest BCUT2D eigenvalue weighted by Crippen LogP contribution is 2.21. The van der Waals surface area contributed by atoms with Crippen molar-refractivity contribution in [1.29, 1.82) is 0 Å². The number of rotatable bonds is 8. The molecule has 0 unspecified atom stereocenters. The van der Waals surface area contributed by atoms with E-state index < -0.39 is 0 Å². The number of unbranched alkanes of at least 4 members (excludes halogenated alkanes) is 1. The van der Waals surface area contributed by atoms with Gasteiger partial charge in [-0.3, -0.25) is 0 Å². The van der Waals surface area contributed by atoms with Crippen LogP contribution in [-0.2, 0) is 13.1 Å². The lowest BCUT2D eigenvalue weighted by Crippen LogP contribution is -2.19. The van der Waals surface area contributed by atoms with Crippen LogP contribution < -0.4 is 10.5 Å². The Kier molecular flexibility index (Phi) is 6.76. The summed E-state index contributed by atoms with van der Waals surface area (Å²) in [6, 6.07) is 6.34. The molecule has 0 fully saturated rings. The molecule has 0 aliphatic carbocycles. The largest absolute Gasteiger partial charge is 0.494 e. The summed E-state index contributed by atoms with van der Waals surface area (Å²) in [5, 5.41) is 0. The normalized spacial score (nSPS) is 10.9. The maximum atomic E-state index is 5.71. The van der Waals surface area contributed by atoms with Gasteiger partial charge in [0.15, 0.2) is 0 Å². The molecular formula is C15H26N2O. The molecule has 1 aromatic rings. The highest BCUT2D eigenvalue weighted by atomic mass is 16.5. The van der Waals surface area contributed by atoms with E-state index in [9.17, 15) is 0 Å². The van der Waals surface area contributed by atoms with E-state index in [1.54, 1.807) is 0 Å². The minimum atomic E-state index is 0.529. The second kappa shape index (κ2) is 8.11. The summed E-state index contributed by atoms with van der Waals surface area (Å²) in [6.07, 6.45) is 2.48. The van der Waals surface area contributed by atoms with Gasteiger partial charge in [-0.05, 0) is 38.6 Å². The van der Waals surface area contributed by atoms with Crippen LogP contribution in [0.3, 0.4) is 0 Å². The Balaban J connectivity index is 2.68. The molecule has 0 spiro atoms. The average molecular weight is 250 g/mol. The summed E-state index contributed by atoms with van der Waals surface area (Å²) in [5.74, 6) is 0.932. The summed E-state index contributed by atoms with van der Waals surface area (Å²) in [7, 11) is 2.16. The molecule has 0 saturated carbocycles. The van der Waals surface area contributed by atoms with Gasteiger partial charge >= 0.3 is 0 Å². The molecule has 1 rings (SSSR count). The zero-order chi connectivity index (χ0) is 13.4. The standard InChI is InChI=1S/C15H26N2O/c1-4-6-9-17(3)12-13-7-8-14(11-16)15(10-13)18-5-2/h7-8,10H,4-6,9,11-12,16H2,1-3H3. The lowest BCUT2D eigenvalue weighted by molar-refractivity contribution is 0.316. The van der Waals surface area contributed by atoms with Gasteiger partial charge in [-0.2, -0.15) is 0 Å². The van der Waals surface area contributed by atoms with Gasteiger partial charge in [0.05, 0.1) is 6.61 Å². The molecule has 0 atom stereocenters. The van der Waals surface area contributed by atoms with Crippen molar-refractivity contribution in [2.24, 2.45) is 5.73 Å². The van der Waals surface area contributed by atoms with Crippen LogP contribution >= 0.6 is 0 Å². The van der Waals surface area contributed by atoms with Crippen LogP contribution in [0.25, 0.3) is 0 Å². The van der Waals surface area contributed by atoms with Crippen LogP contribution in [0.2, 0.25) is 0 Å². The van der Waals surface area contributed by atoms with E-state index in [4.69, 9.17) is 10.5 Å². The Labute approximate surface area is 111 Å². The molecule has 3 heteroatoms. The molecule has 0 radical (unpaired) electrons. The first-order valence-electron chi connectivity index (χ1n) is 6.84. The lowest BCUT2D eigenvalue weighted by Gasteiger charge is -2.17. The van der Waals surface area contributed by atoms with Gasteiger partial charge in [0.1, 0.15) is 5.75 Å². The Morgan fingerprint density at radius 2 is 2.06 bits per heavy atom. The van der Waals surface area contributed by atoms with Crippen LogP contribution in [0.15, 0.2) is 18.2 Å². The number of hydrogen-bond donors (Lipinski definition) is 1. The zero-order valence-electron chi connectivity index (χ0n) is 11.9. The topological polar surface area (TPSA) is 38.5 Å². The second-order valence-corrected chi connectivity index (χ2v) is 4.67. The maximum absolute atomic E-state index is 5.71. The Hall–Kier alpha value is -1.06. The number of ether oxygens (including phenoxy) is 1. The highest BCUT2D eigenvalue weighted by molar-refractivity contribution is 5.37. The van der Waals surface area contributed by atoms with Gasteiger partial charge in [-0.15, -0.1) is 0 Å². The molecule has 0 aliphatic rings. The molecule has 0 saturated heterocycles. The van der Waals surface area contributed by atoms with E-state index >= 15 is 0 Å². The van der Waals surface area contributed by atoms with Gasteiger partial charge in [-0.1, -0.05) is 25.5 Å². The first-order chi connectivity index (χ1) is 8.71. The van der Waals surface area contributed by atoms with Crippen LogP contribution in [0.1, 0.15) is 37.8 Å². The third-order valence-electron chi connectivity index (χ3n) is 3.00. The first kappa shape index (κ1) is 15.0. The predicted molar refractivity (Wildman–Crippen MR) is 76.7 cm³/mol. The quantitative estimate of drug-likeness (QED) is 0.771. The number of benzene rings is 1. The van der Waals surface area contributed by atoms with Crippen molar-refractivity contribution >= 4 is 0 Å². The zero-order valence-corrected chi connectivity index (χ0v) is 11.9. The monoisotopic (exact) mass is 250 g/mol. The summed E-state index contributed by atoms with van der Waals surface area (Å²) in [5.41, 5.74) is 8.07. The molecule has 18 heavy (non-hydrogen) atoms. The average Bonchev–Trinajstić information content (AvgIpc) is 2.37. The van der Waals surface area contributed by atoms with Crippen molar-refractivity contribution in [3.63, 3.8) is 0 Å². The van der Waals surface area contributed by atoms with Gasteiger partial charge < -0.3 is 15.4 Å². The molecule has 0 aromatic heterocycles. The molecule has 1 aromatic carbocycles. The molecular weight excluding hydrogens is 224 g/mol. The van der Waals surface area contributed by atoms with Crippen LogP contribution in [-0.4, -0.2) is 25.1 Å². The first-order valence-corrected chi connectivity index (χ1v) is 6.84. The molecule has 0 aliphatic heterocycles. The van der Waals surface area contributed by atoms with Gasteiger partial charge in [0.2, 0.25) is 0 Å². The van der Waals surface area contributed by atoms with Gasteiger partial charge in [0.25, 0.3) is 0 Å². The fourth-order valence-corrected chi connectivity index (χ4v) is 1.97. The Morgan fingerprint density at radius 3 is 2.67 bits per heavy atom. The van der Waals surface area contributed by atoms with E-state index in [1.807, 2.05) is 6.92 Å². The maximum Gasteiger partial charge on any atom is 0.124 e. The molecule has 0 bridgehead atoms. The molecule has 102 valence electrons. The van der Waals surface area contributed by atoms with Crippen LogP contribution in [0.4, 0.5) is 0 Å². The number of hydrogen-bond acceptors (Lipinski definition) is 3. The van der Waals surface area contributed by atoms with Crippen molar-refractivity contribution in [2.75, 3.05) is 20.2 Å². The van der Waals surface area contributed by atoms with E-state index in [2.05, 4.69) is 37.1 Å². The van der Waals surface area contributed by atoms with Crippen molar-refractivity contribution in [3.8, 4) is 5.75 Å². The molecule has 0 heterocycles. The van der Waals surface area contributed by atoms with E-state index in [-0.39, 0.29) is 0 Å². The minimum Gasteiger partial charge on any atom is -0.494 e. The fraction of sp³-hybridized carbons (Fsp3) is 0.600. The fourth-order valence-electron chi connectivity index (χ4n) is 1.97. The van der Waals surface area contributed by atoms with Crippen LogP contribution in [0, 0.1) is 0 Å². The van der Waals surface area contributed by atoms with Crippen molar-refractivity contribution < 1.29 is 4.74 Å². The van der Waals surface area contributed by atoms with Crippen molar-refractivity contribution in [1.82, 2.24) is 4.90 Å². The summed E-state index contributed by atoms with van der Waals surface area (Å²) < 4.78 is 5.63. The van der Waals surface area contributed by atoms with Gasteiger partial charge in [0, 0.05) is 18.7 Å². The van der Waals surface area contributed by atoms with E-state index in [0.717, 1.165) is 24.4 Å². The smallest absolute Gasteiger partial charge is 0.124 e. The Bertz CT molecular complexity index is 352. The third-order valence-corrected chi connectivity index (χ3v) is 3.00. The molecule has 0 amide bonds. The second-order valence-electron chi connectivity index (χ2n) is 4.67. The SMILES string of the molecule is CCCCN(C)Cc1ccc(CN)c(OCC)c1. The van der Waals surface area contributed by atoms with Crippen LogP contribution in [0.5, 0.6) is 5.75 Å². The lowest BCUT2D eigenvalue weighted by atomic mass is 10.1. The van der Waals surface area contributed by atoms with Gasteiger partial charge in [-0.25, -0.2) is 0 Å². The Morgan fingerprint density at radius 1 is 1.28 bits per heavy atom. The van der Waals surface area contributed by atoms with Crippen molar-refractivity contribution in [3.05, 3.63) is 29.3 Å². The third kappa shape index (κ3) is 4.67. The van der Waals surface area contributed by atoms with E-state index in [1.165, 1.54) is 18.4 Å². The van der Waals surface area contributed by atoms with E-state index in [0.29, 0.717) is 13.2 Å². The minimum absolute atomic E-state index is 0.529.